The number of aldehydes is 1. The normalized spacial score (nSPS) is 11.2. The zero-order valence-corrected chi connectivity index (χ0v) is 17.8. The van der Waals surface area contributed by atoms with Crippen molar-refractivity contribution in [1.82, 2.24) is 4.98 Å². The number of ether oxygens (including phenoxy) is 4. The Morgan fingerprint density at radius 2 is 1.89 bits per heavy atom. The van der Waals surface area contributed by atoms with Gasteiger partial charge < -0.3 is 18.9 Å². The molecule has 10 heteroatoms. The molecule has 0 spiro atoms. The minimum atomic E-state index is -3.37. The second kappa shape index (κ2) is 10.5. The van der Waals surface area contributed by atoms with Crippen molar-refractivity contribution < 1.29 is 32.2 Å². The van der Waals surface area contributed by atoms with Gasteiger partial charge in [-0.3, -0.25) is 9.78 Å². The van der Waals surface area contributed by atoms with Crippen molar-refractivity contribution in [3.63, 3.8) is 0 Å². The molecule has 1 heterocycles. The summed E-state index contributed by atoms with van der Waals surface area (Å²) in [6.45, 7) is 0.863. The molecular formula is C18H20BrNO7S. The molecule has 0 N–H and O–H groups in total. The molecule has 2 rings (SSSR count). The second-order valence-electron chi connectivity index (χ2n) is 5.69. The van der Waals surface area contributed by atoms with Crippen LogP contribution in [0.15, 0.2) is 40.0 Å². The molecular weight excluding hydrogens is 454 g/mol. The third-order valence-electron chi connectivity index (χ3n) is 3.51. The van der Waals surface area contributed by atoms with Crippen molar-refractivity contribution in [2.75, 3.05) is 33.4 Å². The van der Waals surface area contributed by atoms with E-state index < -0.39 is 9.84 Å². The predicted octanol–water partition coefficient (Wildman–Crippen LogP) is 2.64. The molecule has 0 aliphatic heterocycles. The lowest BCUT2D eigenvalue weighted by Gasteiger charge is -2.13. The van der Waals surface area contributed by atoms with E-state index in [1.165, 1.54) is 18.5 Å². The minimum Gasteiger partial charge on any atom is -0.488 e. The number of methoxy groups -OCH3 is 1. The van der Waals surface area contributed by atoms with E-state index in [4.69, 9.17) is 18.9 Å². The van der Waals surface area contributed by atoms with Crippen LogP contribution in [-0.2, 0) is 25.9 Å². The number of nitrogens with zero attached hydrogens (tertiary/aromatic N) is 1. The molecule has 1 aromatic heterocycles. The van der Waals surface area contributed by atoms with Crippen LogP contribution in [-0.4, -0.2) is 53.1 Å². The van der Waals surface area contributed by atoms with E-state index in [9.17, 15) is 13.2 Å². The number of rotatable bonds is 11. The highest BCUT2D eigenvalue weighted by atomic mass is 79.9. The van der Waals surface area contributed by atoms with Crippen LogP contribution >= 0.6 is 15.9 Å². The maximum absolute atomic E-state index is 11.6. The monoisotopic (exact) mass is 473 g/mol. The topological polar surface area (TPSA) is 101 Å². The van der Waals surface area contributed by atoms with Gasteiger partial charge in [-0.2, -0.15) is 0 Å². The van der Waals surface area contributed by atoms with E-state index in [-0.39, 0.29) is 24.0 Å². The Kier molecular flexibility index (Phi) is 8.36. The number of halogens is 1. The van der Waals surface area contributed by atoms with Crippen molar-refractivity contribution in [2.45, 2.75) is 11.5 Å². The first-order valence-electron chi connectivity index (χ1n) is 8.10. The van der Waals surface area contributed by atoms with Crippen LogP contribution in [0.4, 0.5) is 0 Å². The highest BCUT2D eigenvalue weighted by Gasteiger charge is 2.12. The van der Waals surface area contributed by atoms with Crippen molar-refractivity contribution >= 4 is 32.1 Å². The molecule has 0 saturated heterocycles. The first-order chi connectivity index (χ1) is 13.3. The Morgan fingerprint density at radius 3 is 2.57 bits per heavy atom. The first-order valence-corrected chi connectivity index (χ1v) is 10.8. The zero-order chi connectivity index (χ0) is 20.6. The highest BCUT2D eigenvalue weighted by Crippen LogP contribution is 2.33. The molecule has 0 saturated carbocycles. The maximum Gasteiger partial charge on any atom is 0.189 e. The summed E-state index contributed by atoms with van der Waals surface area (Å²) in [4.78, 5) is 15.4. The number of pyridine rings is 1. The Morgan fingerprint density at radius 1 is 1.11 bits per heavy atom. The number of carbonyl (C=O) groups is 1. The molecule has 1 aromatic carbocycles. The quantitative estimate of drug-likeness (QED) is 0.278. The van der Waals surface area contributed by atoms with E-state index in [0.717, 1.165) is 6.26 Å². The molecule has 0 amide bonds. The lowest BCUT2D eigenvalue weighted by atomic mass is 10.2. The predicted molar refractivity (Wildman–Crippen MR) is 105 cm³/mol. The zero-order valence-electron chi connectivity index (χ0n) is 15.4. The number of hydrogen-bond donors (Lipinski definition) is 0. The van der Waals surface area contributed by atoms with Crippen molar-refractivity contribution in [3.8, 4) is 11.5 Å². The van der Waals surface area contributed by atoms with Crippen LogP contribution in [0.3, 0.4) is 0 Å². The van der Waals surface area contributed by atoms with Gasteiger partial charge in [0, 0.05) is 37.4 Å². The standard InChI is InChI=1S/C18H20BrNO7S/c1-24-3-4-25-12-27-18-7-17(14(10-21)6-16(18)19)26-11-13-5-15(9-20-8-13)28(2,22)23/h5-10H,3-4,11-12H2,1-2H3. The average Bonchev–Trinajstić information content (AvgIpc) is 2.67. The summed E-state index contributed by atoms with van der Waals surface area (Å²) in [6, 6.07) is 4.60. The van der Waals surface area contributed by atoms with E-state index >= 15 is 0 Å². The molecule has 0 atom stereocenters. The fraction of sp³-hybridized carbons (Fsp3) is 0.333. The third-order valence-corrected chi connectivity index (χ3v) is 5.21. The van der Waals surface area contributed by atoms with Gasteiger partial charge in [-0.15, -0.1) is 0 Å². The molecule has 152 valence electrons. The average molecular weight is 474 g/mol. The van der Waals surface area contributed by atoms with Crippen LogP contribution in [0.5, 0.6) is 11.5 Å². The summed E-state index contributed by atoms with van der Waals surface area (Å²) in [5.41, 5.74) is 0.861. The Bertz CT molecular complexity index is 918. The molecule has 8 nitrogen and oxygen atoms in total. The Balaban J connectivity index is 2.11. The van der Waals surface area contributed by atoms with E-state index in [0.29, 0.717) is 40.8 Å². The highest BCUT2D eigenvalue weighted by molar-refractivity contribution is 9.10. The Labute approximate surface area is 171 Å². The summed E-state index contributed by atoms with van der Waals surface area (Å²) >= 11 is 3.34. The fourth-order valence-corrected chi connectivity index (χ4v) is 3.18. The maximum atomic E-state index is 11.6. The molecule has 0 bridgehead atoms. The van der Waals surface area contributed by atoms with Crippen molar-refractivity contribution in [1.29, 1.82) is 0 Å². The molecule has 28 heavy (non-hydrogen) atoms. The van der Waals surface area contributed by atoms with E-state index in [2.05, 4.69) is 20.9 Å². The van der Waals surface area contributed by atoms with Gasteiger partial charge in [-0.05, 0) is 28.1 Å². The van der Waals surface area contributed by atoms with Gasteiger partial charge in [-0.1, -0.05) is 0 Å². The molecule has 0 fully saturated rings. The van der Waals surface area contributed by atoms with Crippen LogP contribution < -0.4 is 9.47 Å². The first kappa shape index (κ1) is 22.3. The summed E-state index contributed by atoms with van der Waals surface area (Å²) < 4.78 is 45.2. The number of benzene rings is 1. The molecule has 0 aliphatic carbocycles. The lowest BCUT2D eigenvalue weighted by molar-refractivity contribution is -0.00889. The molecule has 0 unspecified atom stereocenters. The largest absolute Gasteiger partial charge is 0.488 e. The van der Waals surface area contributed by atoms with Gasteiger partial charge in [0.2, 0.25) is 0 Å². The van der Waals surface area contributed by atoms with Gasteiger partial charge in [0.1, 0.15) is 18.1 Å². The summed E-state index contributed by atoms with van der Waals surface area (Å²) in [5.74, 6) is 0.718. The number of hydrogen-bond acceptors (Lipinski definition) is 8. The van der Waals surface area contributed by atoms with Crippen LogP contribution in [0.25, 0.3) is 0 Å². The summed E-state index contributed by atoms with van der Waals surface area (Å²) in [6.07, 6.45) is 4.52. The van der Waals surface area contributed by atoms with Crippen LogP contribution in [0.1, 0.15) is 15.9 Å². The number of carbonyl (C=O) groups excluding carboxylic acids is 1. The van der Waals surface area contributed by atoms with Gasteiger partial charge in [0.25, 0.3) is 0 Å². The van der Waals surface area contributed by atoms with Crippen molar-refractivity contribution in [3.05, 3.63) is 46.2 Å². The van der Waals surface area contributed by atoms with Crippen molar-refractivity contribution in [2.24, 2.45) is 0 Å². The van der Waals surface area contributed by atoms with Gasteiger partial charge in [0.15, 0.2) is 22.9 Å². The van der Waals surface area contributed by atoms with E-state index in [1.54, 1.807) is 19.2 Å². The van der Waals surface area contributed by atoms with Crippen LogP contribution in [0.2, 0.25) is 0 Å². The smallest absolute Gasteiger partial charge is 0.189 e. The van der Waals surface area contributed by atoms with Gasteiger partial charge in [0.05, 0.1) is 28.1 Å². The lowest BCUT2D eigenvalue weighted by Crippen LogP contribution is -2.08. The number of aromatic nitrogens is 1. The minimum absolute atomic E-state index is 0.00214. The van der Waals surface area contributed by atoms with Gasteiger partial charge in [-0.25, -0.2) is 8.42 Å². The second-order valence-corrected chi connectivity index (χ2v) is 8.56. The fourth-order valence-electron chi connectivity index (χ4n) is 2.09. The molecule has 0 aliphatic rings. The Hall–Kier alpha value is -2.01. The summed E-state index contributed by atoms with van der Waals surface area (Å²) in [5, 5.41) is 0. The SMILES string of the molecule is COCCOCOc1cc(OCc2cncc(S(C)(=O)=O)c2)c(C=O)cc1Br. The number of sulfone groups is 1. The third kappa shape index (κ3) is 6.55. The van der Waals surface area contributed by atoms with E-state index in [1.807, 2.05) is 0 Å². The summed E-state index contributed by atoms with van der Waals surface area (Å²) in [7, 11) is -1.80. The van der Waals surface area contributed by atoms with Gasteiger partial charge >= 0.3 is 0 Å². The molecule has 2 aromatic rings. The van der Waals surface area contributed by atoms with Crippen LogP contribution in [0, 0.1) is 0 Å². The molecule has 0 radical (unpaired) electrons.